The fourth-order valence-electron chi connectivity index (χ4n) is 1.06. The predicted octanol–water partition coefficient (Wildman–Crippen LogP) is 3.45. The van der Waals surface area contributed by atoms with Gasteiger partial charge in [-0.25, -0.2) is 0 Å². The lowest BCUT2D eigenvalue weighted by Gasteiger charge is -1.95. The Morgan fingerprint density at radius 2 is 2.08 bits per heavy atom. The molecular weight excluding hydrogens is 148 g/mol. The Hall–Kier alpha value is -0.980. The SMILES string of the molecule is C=C/C=C1/CCO/C1=C/C.CC. The molecule has 1 rings (SSSR count). The van der Waals surface area contributed by atoms with Crippen molar-refractivity contribution in [2.24, 2.45) is 0 Å². The van der Waals surface area contributed by atoms with Gasteiger partial charge in [-0.15, -0.1) is 0 Å². The van der Waals surface area contributed by atoms with Crippen LogP contribution in [-0.4, -0.2) is 6.61 Å². The normalized spacial score (nSPS) is 21.6. The van der Waals surface area contributed by atoms with Crippen molar-refractivity contribution in [3.8, 4) is 0 Å². The summed E-state index contributed by atoms with van der Waals surface area (Å²) in [5.41, 5.74) is 1.26. The van der Waals surface area contributed by atoms with E-state index in [9.17, 15) is 0 Å². The third kappa shape index (κ3) is 2.95. The fourth-order valence-corrected chi connectivity index (χ4v) is 1.06. The van der Waals surface area contributed by atoms with Crippen LogP contribution in [0.5, 0.6) is 0 Å². The summed E-state index contributed by atoms with van der Waals surface area (Å²) in [7, 11) is 0. The zero-order chi connectivity index (χ0) is 9.40. The van der Waals surface area contributed by atoms with Gasteiger partial charge in [0.1, 0.15) is 5.76 Å². The molecular formula is C11H18O. The quantitative estimate of drug-likeness (QED) is 0.579. The van der Waals surface area contributed by atoms with Crippen molar-refractivity contribution in [3.05, 3.63) is 36.1 Å². The van der Waals surface area contributed by atoms with Gasteiger partial charge in [0.05, 0.1) is 6.61 Å². The monoisotopic (exact) mass is 166 g/mol. The Bertz CT molecular complexity index is 187. The number of hydrogen-bond acceptors (Lipinski definition) is 1. The molecule has 1 heterocycles. The van der Waals surface area contributed by atoms with E-state index in [0.717, 1.165) is 18.8 Å². The van der Waals surface area contributed by atoms with Crippen molar-refractivity contribution in [2.75, 3.05) is 6.61 Å². The molecule has 1 heteroatoms. The number of allylic oxidation sites excluding steroid dienone is 4. The Morgan fingerprint density at radius 3 is 2.58 bits per heavy atom. The van der Waals surface area contributed by atoms with Crippen LogP contribution < -0.4 is 0 Å². The maximum atomic E-state index is 5.31. The van der Waals surface area contributed by atoms with E-state index >= 15 is 0 Å². The average Bonchev–Trinajstić information content (AvgIpc) is 2.56. The molecule has 1 saturated heterocycles. The molecule has 0 amide bonds. The maximum absolute atomic E-state index is 5.31. The summed E-state index contributed by atoms with van der Waals surface area (Å²) in [5.74, 6) is 1.01. The molecule has 1 aliphatic rings. The Balaban J connectivity index is 0.000000561. The maximum Gasteiger partial charge on any atom is 0.118 e. The van der Waals surface area contributed by atoms with Gasteiger partial charge in [-0.05, 0) is 18.6 Å². The second-order valence-corrected chi connectivity index (χ2v) is 2.18. The molecule has 0 aliphatic carbocycles. The minimum Gasteiger partial charge on any atom is -0.493 e. The van der Waals surface area contributed by atoms with E-state index < -0.39 is 0 Å². The van der Waals surface area contributed by atoms with Crippen molar-refractivity contribution in [3.63, 3.8) is 0 Å². The molecule has 0 aromatic rings. The molecule has 12 heavy (non-hydrogen) atoms. The fraction of sp³-hybridized carbons (Fsp3) is 0.455. The first-order valence-electron chi connectivity index (χ1n) is 4.49. The Morgan fingerprint density at radius 1 is 1.42 bits per heavy atom. The molecule has 1 nitrogen and oxygen atoms in total. The van der Waals surface area contributed by atoms with Gasteiger partial charge >= 0.3 is 0 Å². The van der Waals surface area contributed by atoms with Gasteiger partial charge in [0, 0.05) is 6.42 Å². The van der Waals surface area contributed by atoms with Gasteiger partial charge in [0.25, 0.3) is 0 Å². The first-order chi connectivity index (χ1) is 5.88. The van der Waals surface area contributed by atoms with E-state index in [0.29, 0.717) is 0 Å². The van der Waals surface area contributed by atoms with Crippen LogP contribution in [0.25, 0.3) is 0 Å². The van der Waals surface area contributed by atoms with Gasteiger partial charge < -0.3 is 4.74 Å². The van der Waals surface area contributed by atoms with Crippen LogP contribution >= 0.6 is 0 Å². The van der Waals surface area contributed by atoms with Crippen molar-refractivity contribution < 1.29 is 4.74 Å². The standard InChI is InChI=1S/C9H12O.C2H6/c1-3-5-8-6-7-10-9(8)4-2;1-2/h3-5H,1,6-7H2,2H3;1-2H3/b8-5-,9-4+;. The molecule has 68 valence electrons. The highest BCUT2D eigenvalue weighted by Crippen LogP contribution is 2.22. The van der Waals surface area contributed by atoms with Crippen molar-refractivity contribution in [1.82, 2.24) is 0 Å². The lowest BCUT2D eigenvalue weighted by molar-refractivity contribution is 0.265. The molecule has 0 bridgehead atoms. The minimum atomic E-state index is 0.819. The molecule has 0 spiro atoms. The highest BCUT2D eigenvalue weighted by Gasteiger charge is 2.11. The van der Waals surface area contributed by atoms with E-state index in [4.69, 9.17) is 4.74 Å². The molecule has 0 N–H and O–H groups in total. The molecule has 0 atom stereocenters. The molecule has 1 aliphatic heterocycles. The topological polar surface area (TPSA) is 9.23 Å². The van der Waals surface area contributed by atoms with Crippen LogP contribution in [0.3, 0.4) is 0 Å². The van der Waals surface area contributed by atoms with Crippen LogP contribution in [-0.2, 0) is 4.74 Å². The van der Waals surface area contributed by atoms with Gasteiger partial charge in [0.15, 0.2) is 0 Å². The van der Waals surface area contributed by atoms with Crippen LogP contribution in [0.1, 0.15) is 27.2 Å². The first-order valence-corrected chi connectivity index (χ1v) is 4.49. The van der Waals surface area contributed by atoms with Gasteiger partial charge in [-0.3, -0.25) is 0 Å². The summed E-state index contributed by atoms with van der Waals surface area (Å²) in [5, 5.41) is 0. The largest absolute Gasteiger partial charge is 0.493 e. The van der Waals surface area contributed by atoms with E-state index in [1.165, 1.54) is 5.57 Å². The third-order valence-corrected chi connectivity index (χ3v) is 1.53. The van der Waals surface area contributed by atoms with Crippen LogP contribution in [0.15, 0.2) is 36.1 Å². The van der Waals surface area contributed by atoms with Gasteiger partial charge in [-0.2, -0.15) is 0 Å². The van der Waals surface area contributed by atoms with Crippen molar-refractivity contribution in [2.45, 2.75) is 27.2 Å². The highest BCUT2D eigenvalue weighted by molar-refractivity contribution is 5.31. The molecule has 0 saturated carbocycles. The van der Waals surface area contributed by atoms with Crippen LogP contribution in [0.2, 0.25) is 0 Å². The van der Waals surface area contributed by atoms with E-state index in [-0.39, 0.29) is 0 Å². The van der Waals surface area contributed by atoms with E-state index in [1.807, 2.05) is 32.9 Å². The van der Waals surface area contributed by atoms with E-state index in [1.54, 1.807) is 6.08 Å². The Kier molecular flexibility index (Phi) is 6.16. The number of rotatable bonds is 1. The molecule has 1 fully saturated rings. The molecule has 0 aromatic heterocycles. The first kappa shape index (κ1) is 11.0. The predicted molar refractivity (Wildman–Crippen MR) is 54.0 cm³/mol. The second-order valence-electron chi connectivity index (χ2n) is 2.18. The molecule has 0 aromatic carbocycles. The molecule has 0 radical (unpaired) electrons. The summed E-state index contributed by atoms with van der Waals surface area (Å²) in [6.07, 6.45) is 6.81. The summed E-state index contributed by atoms with van der Waals surface area (Å²) in [4.78, 5) is 0. The van der Waals surface area contributed by atoms with Crippen LogP contribution in [0, 0.1) is 0 Å². The Labute approximate surface area is 75.4 Å². The lowest BCUT2D eigenvalue weighted by atomic mass is 10.2. The number of ether oxygens (including phenoxy) is 1. The van der Waals surface area contributed by atoms with Crippen molar-refractivity contribution >= 4 is 0 Å². The third-order valence-electron chi connectivity index (χ3n) is 1.53. The van der Waals surface area contributed by atoms with Crippen LogP contribution in [0.4, 0.5) is 0 Å². The minimum absolute atomic E-state index is 0.819. The summed E-state index contributed by atoms with van der Waals surface area (Å²) < 4.78 is 5.31. The van der Waals surface area contributed by atoms with Gasteiger partial charge in [-0.1, -0.05) is 32.6 Å². The average molecular weight is 166 g/mol. The van der Waals surface area contributed by atoms with Gasteiger partial charge in [0.2, 0.25) is 0 Å². The lowest BCUT2D eigenvalue weighted by Crippen LogP contribution is -1.78. The molecule has 0 unspecified atom stereocenters. The summed E-state index contributed by atoms with van der Waals surface area (Å²) in [6, 6.07) is 0. The summed E-state index contributed by atoms with van der Waals surface area (Å²) in [6.45, 7) is 10.4. The summed E-state index contributed by atoms with van der Waals surface area (Å²) >= 11 is 0. The van der Waals surface area contributed by atoms with E-state index in [2.05, 4.69) is 6.58 Å². The smallest absolute Gasteiger partial charge is 0.118 e. The van der Waals surface area contributed by atoms with Crippen molar-refractivity contribution in [1.29, 1.82) is 0 Å². The zero-order valence-corrected chi connectivity index (χ0v) is 8.26. The highest BCUT2D eigenvalue weighted by atomic mass is 16.5. The number of hydrogen-bond donors (Lipinski definition) is 0. The second kappa shape index (κ2) is 6.71. The zero-order valence-electron chi connectivity index (χ0n) is 8.26.